The van der Waals surface area contributed by atoms with E-state index in [0.717, 1.165) is 24.3 Å². The van der Waals surface area contributed by atoms with Gasteiger partial charge in [-0.2, -0.15) is 0 Å². The molecule has 0 amide bonds. The van der Waals surface area contributed by atoms with Gasteiger partial charge in [0.05, 0.1) is 0 Å². The highest BCUT2D eigenvalue weighted by molar-refractivity contribution is 7.11. The zero-order valence-corrected chi connectivity index (χ0v) is 11.1. The third-order valence-electron chi connectivity index (χ3n) is 2.77. The van der Waals surface area contributed by atoms with E-state index in [9.17, 15) is 0 Å². The Bertz CT molecular complexity index is 503. The molecule has 0 radical (unpaired) electrons. The molecule has 0 saturated carbocycles. The molecule has 1 heterocycles. The topological polar surface area (TPSA) is 38.0 Å². The largest absolute Gasteiger partial charge is 0.399 e. The van der Waals surface area contributed by atoms with Crippen molar-refractivity contribution in [2.75, 3.05) is 5.73 Å². The molecule has 0 aliphatic heterocycles. The maximum atomic E-state index is 5.88. The van der Waals surface area contributed by atoms with E-state index in [2.05, 4.69) is 36.5 Å². The summed E-state index contributed by atoms with van der Waals surface area (Å²) in [7, 11) is 0. The fourth-order valence-corrected chi connectivity index (χ4v) is 2.57. The first kappa shape index (κ1) is 12.1. The number of aryl methyl sites for hydroxylation is 2. The number of rotatable bonds is 4. The minimum Gasteiger partial charge on any atom is -0.399 e. The Morgan fingerprint density at radius 2 is 1.94 bits per heavy atom. The van der Waals surface area contributed by atoms with E-state index in [0.29, 0.717) is 0 Å². The number of benzene rings is 1. The molecule has 0 fully saturated rings. The molecule has 2 aromatic rings. The summed E-state index contributed by atoms with van der Waals surface area (Å²) >= 11 is 1.84. The lowest BCUT2D eigenvalue weighted by Crippen LogP contribution is -2.12. The van der Waals surface area contributed by atoms with Crippen LogP contribution in [-0.2, 0) is 13.1 Å². The molecule has 2 rings (SSSR count). The molecule has 0 atom stereocenters. The summed E-state index contributed by atoms with van der Waals surface area (Å²) in [6, 6.07) is 10.6. The molecule has 0 aliphatic rings. The molecule has 90 valence electrons. The van der Waals surface area contributed by atoms with Crippen molar-refractivity contribution in [2.45, 2.75) is 26.9 Å². The highest BCUT2D eigenvalue weighted by atomic mass is 32.1. The van der Waals surface area contributed by atoms with Crippen molar-refractivity contribution in [3.8, 4) is 0 Å². The van der Waals surface area contributed by atoms with Gasteiger partial charge in [-0.05, 0) is 43.2 Å². The van der Waals surface area contributed by atoms with Crippen LogP contribution in [0.1, 0.15) is 20.9 Å². The minimum atomic E-state index is 0.863. The molecule has 0 aliphatic carbocycles. The van der Waals surface area contributed by atoms with Crippen molar-refractivity contribution in [1.29, 1.82) is 0 Å². The van der Waals surface area contributed by atoms with Crippen LogP contribution in [0.5, 0.6) is 0 Å². The lowest BCUT2D eigenvalue weighted by molar-refractivity contribution is 0.701. The third-order valence-corrected chi connectivity index (χ3v) is 3.77. The summed E-state index contributed by atoms with van der Waals surface area (Å²) in [6.45, 7) is 5.95. The molecule has 2 nitrogen and oxygen atoms in total. The molecule has 3 N–H and O–H groups in total. The van der Waals surface area contributed by atoms with Gasteiger partial charge in [0.25, 0.3) is 0 Å². The smallest absolute Gasteiger partial charge is 0.0346 e. The fourth-order valence-electron chi connectivity index (χ4n) is 1.71. The summed E-state index contributed by atoms with van der Waals surface area (Å²) in [6.07, 6.45) is 0. The number of nitrogens with one attached hydrogen (secondary N) is 1. The maximum Gasteiger partial charge on any atom is 0.0346 e. The minimum absolute atomic E-state index is 0.863. The first-order valence-corrected chi connectivity index (χ1v) is 6.58. The van der Waals surface area contributed by atoms with E-state index >= 15 is 0 Å². The second-order valence-electron chi connectivity index (χ2n) is 4.31. The molecule has 0 saturated heterocycles. The Hall–Kier alpha value is -1.32. The number of hydrogen-bond donors (Lipinski definition) is 2. The zero-order chi connectivity index (χ0) is 12.3. The van der Waals surface area contributed by atoms with Crippen LogP contribution in [0.2, 0.25) is 0 Å². The van der Waals surface area contributed by atoms with Crippen molar-refractivity contribution < 1.29 is 0 Å². The SMILES string of the molecule is Cc1ccc(CNCc2ccc(C)c(N)c2)s1. The summed E-state index contributed by atoms with van der Waals surface area (Å²) in [5, 5.41) is 3.43. The normalized spacial score (nSPS) is 10.7. The summed E-state index contributed by atoms with van der Waals surface area (Å²) < 4.78 is 0. The Morgan fingerprint density at radius 3 is 2.59 bits per heavy atom. The van der Waals surface area contributed by atoms with Gasteiger partial charge in [-0.15, -0.1) is 11.3 Å². The van der Waals surface area contributed by atoms with Gasteiger partial charge in [-0.3, -0.25) is 0 Å². The Balaban J connectivity index is 1.87. The van der Waals surface area contributed by atoms with Gasteiger partial charge in [-0.1, -0.05) is 12.1 Å². The third kappa shape index (κ3) is 3.32. The van der Waals surface area contributed by atoms with E-state index in [1.165, 1.54) is 15.3 Å². The molecular formula is C14H18N2S. The predicted octanol–water partition coefficient (Wildman–Crippen LogP) is 3.24. The van der Waals surface area contributed by atoms with E-state index in [1.807, 2.05) is 24.3 Å². The second-order valence-corrected chi connectivity index (χ2v) is 5.68. The molecule has 0 spiro atoms. The molecule has 1 aromatic heterocycles. The van der Waals surface area contributed by atoms with Gasteiger partial charge in [-0.25, -0.2) is 0 Å². The molecule has 0 unspecified atom stereocenters. The van der Waals surface area contributed by atoms with Crippen LogP contribution in [-0.4, -0.2) is 0 Å². The van der Waals surface area contributed by atoms with Gasteiger partial charge >= 0.3 is 0 Å². The highest BCUT2D eigenvalue weighted by Crippen LogP contribution is 2.15. The summed E-state index contributed by atoms with van der Waals surface area (Å²) in [4.78, 5) is 2.74. The van der Waals surface area contributed by atoms with Crippen LogP contribution >= 0.6 is 11.3 Å². The van der Waals surface area contributed by atoms with Gasteiger partial charge in [0.2, 0.25) is 0 Å². The number of nitrogens with two attached hydrogens (primary N) is 1. The summed E-state index contributed by atoms with van der Waals surface area (Å²) in [5.74, 6) is 0. The monoisotopic (exact) mass is 246 g/mol. The van der Waals surface area contributed by atoms with Crippen LogP contribution in [0.3, 0.4) is 0 Å². The average Bonchev–Trinajstić information content (AvgIpc) is 2.70. The van der Waals surface area contributed by atoms with Crippen molar-refractivity contribution >= 4 is 17.0 Å². The molecule has 3 heteroatoms. The first-order valence-electron chi connectivity index (χ1n) is 5.76. The lowest BCUT2D eigenvalue weighted by Gasteiger charge is -2.06. The number of thiophene rings is 1. The van der Waals surface area contributed by atoms with E-state index in [-0.39, 0.29) is 0 Å². The van der Waals surface area contributed by atoms with Gasteiger partial charge < -0.3 is 11.1 Å². The van der Waals surface area contributed by atoms with Crippen LogP contribution in [0.15, 0.2) is 30.3 Å². The number of hydrogen-bond acceptors (Lipinski definition) is 3. The molecule has 17 heavy (non-hydrogen) atoms. The fraction of sp³-hybridized carbons (Fsp3) is 0.286. The van der Waals surface area contributed by atoms with Crippen molar-refractivity contribution in [2.24, 2.45) is 0 Å². The van der Waals surface area contributed by atoms with Gasteiger partial charge in [0.15, 0.2) is 0 Å². The lowest BCUT2D eigenvalue weighted by atomic mass is 10.1. The van der Waals surface area contributed by atoms with E-state index < -0.39 is 0 Å². The van der Waals surface area contributed by atoms with Crippen molar-refractivity contribution in [3.05, 3.63) is 51.2 Å². The average molecular weight is 246 g/mol. The Morgan fingerprint density at radius 1 is 1.12 bits per heavy atom. The first-order chi connectivity index (χ1) is 8.15. The molecule has 0 bridgehead atoms. The van der Waals surface area contributed by atoms with Crippen molar-refractivity contribution in [3.63, 3.8) is 0 Å². The van der Waals surface area contributed by atoms with E-state index in [1.54, 1.807) is 0 Å². The summed E-state index contributed by atoms with van der Waals surface area (Å²) in [5.41, 5.74) is 9.13. The Labute approximate surface area is 106 Å². The zero-order valence-electron chi connectivity index (χ0n) is 10.3. The standard InChI is InChI=1S/C14H18N2S/c1-10-3-5-12(7-14(10)15)8-16-9-13-6-4-11(2)17-13/h3-7,16H,8-9,15H2,1-2H3. The quantitative estimate of drug-likeness (QED) is 0.813. The molecular weight excluding hydrogens is 228 g/mol. The predicted molar refractivity (Wildman–Crippen MR) is 75.2 cm³/mol. The Kier molecular flexibility index (Phi) is 3.82. The van der Waals surface area contributed by atoms with Crippen LogP contribution in [0.25, 0.3) is 0 Å². The van der Waals surface area contributed by atoms with Crippen molar-refractivity contribution in [1.82, 2.24) is 5.32 Å². The number of anilines is 1. The van der Waals surface area contributed by atoms with Gasteiger partial charge in [0.1, 0.15) is 0 Å². The van der Waals surface area contributed by atoms with Gasteiger partial charge in [0, 0.05) is 28.5 Å². The molecule has 1 aromatic carbocycles. The van der Waals surface area contributed by atoms with E-state index in [4.69, 9.17) is 5.73 Å². The van der Waals surface area contributed by atoms with Crippen LogP contribution in [0, 0.1) is 13.8 Å². The highest BCUT2D eigenvalue weighted by Gasteiger charge is 1.99. The number of nitrogen functional groups attached to an aromatic ring is 1. The maximum absolute atomic E-state index is 5.88. The van der Waals surface area contributed by atoms with Crippen LogP contribution < -0.4 is 11.1 Å². The van der Waals surface area contributed by atoms with Crippen LogP contribution in [0.4, 0.5) is 5.69 Å². The second kappa shape index (κ2) is 5.34.